The molecule has 0 spiro atoms. The van der Waals surface area contributed by atoms with Gasteiger partial charge in [-0.2, -0.15) is 0 Å². The van der Waals surface area contributed by atoms with Crippen molar-refractivity contribution < 1.29 is 14.3 Å². The monoisotopic (exact) mass is 318 g/mol. The van der Waals surface area contributed by atoms with E-state index in [1.807, 2.05) is 0 Å². The third kappa shape index (κ3) is 3.99. The van der Waals surface area contributed by atoms with Gasteiger partial charge in [0, 0.05) is 24.2 Å². The number of carbonyl (C=O) groups excluding carboxylic acids is 2. The zero-order chi connectivity index (χ0) is 16.1. The highest BCUT2D eigenvalue weighted by atomic mass is 35.5. The van der Waals surface area contributed by atoms with Gasteiger partial charge in [-0.05, 0) is 30.3 Å². The molecule has 5 nitrogen and oxygen atoms in total. The summed E-state index contributed by atoms with van der Waals surface area (Å²) in [6.45, 7) is 1.41. The minimum atomic E-state index is -0.320. The predicted molar refractivity (Wildman–Crippen MR) is 86.7 cm³/mol. The van der Waals surface area contributed by atoms with E-state index >= 15 is 0 Å². The molecule has 0 unspecified atom stereocenters. The minimum Gasteiger partial charge on any atom is -0.497 e. The molecular weight excluding hydrogens is 304 g/mol. The second kappa shape index (κ2) is 6.95. The fraction of sp³-hybridized carbons (Fsp3) is 0.125. The lowest BCUT2D eigenvalue weighted by Crippen LogP contribution is -2.13. The first-order chi connectivity index (χ1) is 10.5. The summed E-state index contributed by atoms with van der Waals surface area (Å²) in [6.07, 6.45) is 0. The van der Waals surface area contributed by atoms with Crippen molar-refractivity contribution in [3.8, 4) is 5.75 Å². The Morgan fingerprint density at radius 3 is 2.50 bits per heavy atom. The van der Waals surface area contributed by atoms with Gasteiger partial charge in [-0.3, -0.25) is 9.59 Å². The van der Waals surface area contributed by atoms with Gasteiger partial charge in [0.05, 0.1) is 17.8 Å². The maximum Gasteiger partial charge on any atom is 0.255 e. The van der Waals surface area contributed by atoms with Crippen molar-refractivity contribution in [3.05, 3.63) is 53.1 Å². The molecule has 114 valence electrons. The third-order valence-electron chi connectivity index (χ3n) is 2.87. The maximum absolute atomic E-state index is 12.2. The molecule has 0 aliphatic heterocycles. The molecule has 0 aliphatic rings. The molecule has 2 N–H and O–H groups in total. The molecule has 0 heterocycles. The average Bonchev–Trinajstić information content (AvgIpc) is 2.48. The van der Waals surface area contributed by atoms with Crippen molar-refractivity contribution in [2.24, 2.45) is 0 Å². The molecule has 2 amide bonds. The SMILES string of the molecule is COc1ccc(NC(=O)c2cccc(NC(C)=O)c2)c(Cl)c1. The van der Waals surface area contributed by atoms with E-state index in [1.165, 1.54) is 14.0 Å². The van der Waals surface area contributed by atoms with Gasteiger partial charge in [0.2, 0.25) is 5.91 Å². The zero-order valence-electron chi connectivity index (χ0n) is 12.1. The van der Waals surface area contributed by atoms with Crippen LogP contribution in [-0.4, -0.2) is 18.9 Å². The molecular formula is C16H15ClN2O3. The molecule has 2 rings (SSSR count). The summed E-state index contributed by atoms with van der Waals surface area (Å²) >= 11 is 6.09. The second-order valence-electron chi connectivity index (χ2n) is 4.56. The number of nitrogens with one attached hydrogen (secondary N) is 2. The van der Waals surface area contributed by atoms with Crippen molar-refractivity contribution in [1.82, 2.24) is 0 Å². The van der Waals surface area contributed by atoms with Crippen LogP contribution in [0.3, 0.4) is 0 Å². The highest BCUT2D eigenvalue weighted by molar-refractivity contribution is 6.34. The number of amides is 2. The van der Waals surface area contributed by atoms with E-state index in [9.17, 15) is 9.59 Å². The smallest absolute Gasteiger partial charge is 0.255 e. The van der Waals surface area contributed by atoms with Crippen LogP contribution in [0.15, 0.2) is 42.5 Å². The lowest BCUT2D eigenvalue weighted by molar-refractivity contribution is -0.114. The Labute approximate surface area is 133 Å². The van der Waals surface area contributed by atoms with Gasteiger partial charge >= 0.3 is 0 Å². The molecule has 0 aromatic heterocycles. The van der Waals surface area contributed by atoms with E-state index < -0.39 is 0 Å². The van der Waals surface area contributed by atoms with Gasteiger partial charge in [-0.15, -0.1) is 0 Å². The van der Waals surface area contributed by atoms with Crippen molar-refractivity contribution in [2.75, 3.05) is 17.7 Å². The largest absolute Gasteiger partial charge is 0.497 e. The fourth-order valence-electron chi connectivity index (χ4n) is 1.86. The van der Waals surface area contributed by atoms with Crippen LogP contribution in [0.5, 0.6) is 5.75 Å². The molecule has 2 aromatic rings. The van der Waals surface area contributed by atoms with Crippen LogP contribution < -0.4 is 15.4 Å². The average molecular weight is 319 g/mol. The molecule has 2 aromatic carbocycles. The molecule has 0 atom stereocenters. The summed E-state index contributed by atoms with van der Waals surface area (Å²) < 4.78 is 5.05. The first kappa shape index (κ1) is 15.9. The van der Waals surface area contributed by atoms with Gasteiger partial charge in [-0.1, -0.05) is 17.7 Å². The van der Waals surface area contributed by atoms with Gasteiger partial charge in [0.15, 0.2) is 0 Å². The van der Waals surface area contributed by atoms with E-state index in [0.29, 0.717) is 27.7 Å². The van der Waals surface area contributed by atoms with Gasteiger partial charge in [-0.25, -0.2) is 0 Å². The van der Waals surface area contributed by atoms with Crippen LogP contribution in [0.2, 0.25) is 5.02 Å². The summed E-state index contributed by atoms with van der Waals surface area (Å²) in [5.74, 6) is 0.0886. The van der Waals surface area contributed by atoms with Gasteiger partial charge < -0.3 is 15.4 Å². The summed E-state index contributed by atoms with van der Waals surface area (Å²) in [4.78, 5) is 23.3. The Kier molecular flexibility index (Phi) is 5.01. The van der Waals surface area contributed by atoms with E-state index in [-0.39, 0.29) is 11.8 Å². The summed E-state index contributed by atoms with van der Waals surface area (Å²) in [7, 11) is 1.54. The van der Waals surface area contributed by atoms with E-state index in [0.717, 1.165) is 0 Å². The van der Waals surface area contributed by atoms with Crippen LogP contribution in [0.1, 0.15) is 17.3 Å². The second-order valence-corrected chi connectivity index (χ2v) is 4.97. The molecule has 6 heteroatoms. The molecule has 0 bridgehead atoms. The standard InChI is InChI=1S/C16H15ClN2O3/c1-10(20)18-12-5-3-4-11(8-12)16(21)19-15-7-6-13(22-2)9-14(15)17/h3-9H,1-2H3,(H,18,20)(H,19,21). The molecule has 0 saturated carbocycles. The number of hydrogen-bond donors (Lipinski definition) is 2. The Bertz CT molecular complexity index is 716. The van der Waals surface area contributed by atoms with Crippen molar-refractivity contribution in [1.29, 1.82) is 0 Å². The van der Waals surface area contributed by atoms with E-state index in [4.69, 9.17) is 16.3 Å². The van der Waals surface area contributed by atoms with Crippen LogP contribution in [0.25, 0.3) is 0 Å². The Hall–Kier alpha value is -2.53. The number of benzene rings is 2. The molecule has 0 radical (unpaired) electrons. The highest BCUT2D eigenvalue weighted by Gasteiger charge is 2.10. The summed E-state index contributed by atoms with van der Waals surface area (Å²) in [6, 6.07) is 11.6. The highest BCUT2D eigenvalue weighted by Crippen LogP contribution is 2.27. The summed E-state index contributed by atoms with van der Waals surface area (Å²) in [5, 5.41) is 5.73. The van der Waals surface area contributed by atoms with E-state index in [2.05, 4.69) is 10.6 Å². The molecule has 0 aliphatic carbocycles. The van der Waals surface area contributed by atoms with Crippen molar-refractivity contribution >= 4 is 34.8 Å². The van der Waals surface area contributed by atoms with E-state index in [1.54, 1.807) is 42.5 Å². The van der Waals surface area contributed by atoms with Crippen LogP contribution in [0, 0.1) is 0 Å². The van der Waals surface area contributed by atoms with Crippen LogP contribution in [0.4, 0.5) is 11.4 Å². The molecule has 22 heavy (non-hydrogen) atoms. The first-order valence-corrected chi connectivity index (χ1v) is 6.90. The number of carbonyl (C=O) groups is 2. The normalized spacial score (nSPS) is 9.95. The van der Waals surface area contributed by atoms with Crippen molar-refractivity contribution in [3.63, 3.8) is 0 Å². The number of ether oxygens (including phenoxy) is 1. The predicted octanol–water partition coefficient (Wildman–Crippen LogP) is 3.56. The Morgan fingerprint density at radius 2 is 1.86 bits per heavy atom. The third-order valence-corrected chi connectivity index (χ3v) is 3.18. The zero-order valence-corrected chi connectivity index (χ0v) is 12.9. The number of anilines is 2. The fourth-order valence-corrected chi connectivity index (χ4v) is 2.08. The summed E-state index contributed by atoms with van der Waals surface area (Å²) in [5.41, 5.74) is 1.46. The lowest BCUT2D eigenvalue weighted by atomic mass is 10.2. The Morgan fingerprint density at radius 1 is 1.09 bits per heavy atom. The van der Waals surface area contributed by atoms with Crippen LogP contribution >= 0.6 is 11.6 Å². The first-order valence-electron chi connectivity index (χ1n) is 6.52. The molecule has 0 saturated heterocycles. The van der Waals surface area contributed by atoms with Gasteiger partial charge in [0.1, 0.15) is 5.75 Å². The quantitative estimate of drug-likeness (QED) is 0.905. The van der Waals surface area contributed by atoms with Crippen molar-refractivity contribution in [2.45, 2.75) is 6.92 Å². The number of methoxy groups -OCH3 is 1. The van der Waals surface area contributed by atoms with Crippen LogP contribution in [-0.2, 0) is 4.79 Å². The number of hydrogen-bond acceptors (Lipinski definition) is 3. The topological polar surface area (TPSA) is 67.4 Å². The van der Waals surface area contributed by atoms with Gasteiger partial charge in [0.25, 0.3) is 5.91 Å². The minimum absolute atomic E-state index is 0.198. The Balaban J connectivity index is 2.17. The maximum atomic E-state index is 12.2. The molecule has 0 fully saturated rings. The number of halogens is 1. The number of rotatable bonds is 4. The lowest BCUT2D eigenvalue weighted by Gasteiger charge is -2.10.